The first-order valence-corrected chi connectivity index (χ1v) is 7.09. The summed E-state index contributed by atoms with van der Waals surface area (Å²) in [6.45, 7) is 0.658. The van der Waals surface area contributed by atoms with E-state index in [1.165, 1.54) is 0 Å². The van der Waals surface area contributed by atoms with Gasteiger partial charge in [-0.3, -0.25) is 4.57 Å². The third-order valence-electron chi connectivity index (χ3n) is 2.42. The number of imidazole rings is 1. The molecule has 2 aromatic rings. The van der Waals surface area contributed by atoms with E-state index in [1.54, 1.807) is 12.4 Å². The average molecular weight is 271 g/mol. The summed E-state index contributed by atoms with van der Waals surface area (Å²) in [7, 11) is -4.10. The molecule has 0 aliphatic rings. The van der Waals surface area contributed by atoms with Gasteiger partial charge < -0.3 is 24.8 Å². The molecular formula is C10H14N3O4P. The monoisotopic (exact) mass is 271 g/mol. The molecule has 0 fully saturated rings. The Hall–Kier alpha value is -1.40. The van der Waals surface area contributed by atoms with Crippen LogP contribution in [0.15, 0.2) is 24.5 Å². The lowest BCUT2D eigenvalue weighted by Gasteiger charge is -2.07. The first kappa shape index (κ1) is 13.0. The fourth-order valence-corrected chi connectivity index (χ4v) is 2.00. The first-order chi connectivity index (χ1) is 8.47. The average Bonchev–Trinajstić information content (AvgIpc) is 2.68. The number of ether oxygens (including phenoxy) is 1. The molecule has 2 rings (SSSR count). The van der Waals surface area contributed by atoms with E-state index < -0.39 is 13.9 Å². The number of benzene rings is 1. The minimum absolute atomic E-state index is 0.200. The summed E-state index contributed by atoms with van der Waals surface area (Å²) in [6.07, 6.45) is 1.06. The third-order valence-corrected chi connectivity index (χ3v) is 2.94. The molecule has 0 bridgehead atoms. The van der Waals surface area contributed by atoms with Crippen molar-refractivity contribution in [2.45, 2.75) is 6.54 Å². The van der Waals surface area contributed by atoms with Crippen molar-refractivity contribution in [3.63, 3.8) is 0 Å². The number of para-hydroxylation sites is 1. The zero-order valence-electron chi connectivity index (χ0n) is 9.56. The molecule has 1 aromatic heterocycles. The number of nitrogen functional groups attached to an aromatic ring is 1. The van der Waals surface area contributed by atoms with Crippen molar-refractivity contribution in [2.24, 2.45) is 0 Å². The molecule has 4 N–H and O–H groups in total. The summed E-state index contributed by atoms with van der Waals surface area (Å²) in [4.78, 5) is 21.4. The van der Waals surface area contributed by atoms with Gasteiger partial charge in [0.05, 0.1) is 24.1 Å². The topological polar surface area (TPSA) is 111 Å². The molecule has 7 nitrogen and oxygen atoms in total. The minimum atomic E-state index is -4.10. The van der Waals surface area contributed by atoms with E-state index in [1.807, 2.05) is 16.7 Å². The number of hydrogen-bond donors (Lipinski definition) is 3. The summed E-state index contributed by atoms with van der Waals surface area (Å²) < 4.78 is 17.3. The van der Waals surface area contributed by atoms with Crippen LogP contribution in [-0.4, -0.2) is 32.3 Å². The first-order valence-electron chi connectivity index (χ1n) is 5.29. The number of aromatic nitrogens is 2. The molecule has 98 valence electrons. The van der Waals surface area contributed by atoms with Crippen molar-refractivity contribution in [1.29, 1.82) is 0 Å². The molecule has 0 aliphatic carbocycles. The molecule has 0 aliphatic heterocycles. The lowest BCUT2D eigenvalue weighted by molar-refractivity contribution is 0.149. The smallest absolute Gasteiger partial charge is 0.350 e. The van der Waals surface area contributed by atoms with Gasteiger partial charge >= 0.3 is 7.60 Å². The van der Waals surface area contributed by atoms with Crippen molar-refractivity contribution in [1.82, 2.24) is 9.55 Å². The molecule has 0 saturated carbocycles. The lowest BCUT2D eigenvalue weighted by atomic mass is 10.3. The van der Waals surface area contributed by atoms with Gasteiger partial charge in [-0.2, -0.15) is 0 Å². The highest BCUT2D eigenvalue weighted by Gasteiger charge is 2.12. The number of nitrogens with zero attached hydrogens (tertiary/aromatic N) is 2. The van der Waals surface area contributed by atoms with Gasteiger partial charge in [0.25, 0.3) is 0 Å². The quantitative estimate of drug-likeness (QED) is 0.421. The normalized spacial score (nSPS) is 12.1. The highest BCUT2D eigenvalue weighted by Crippen LogP contribution is 2.33. The van der Waals surface area contributed by atoms with E-state index in [2.05, 4.69) is 4.98 Å². The van der Waals surface area contributed by atoms with Crippen LogP contribution < -0.4 is 5.73 Å². The van der Waals surface area contributed by atoms with Gasteiger partial charge in [0, 0.05) is 6.54 Å². The van der Waals surface area contributed by atoms with Crippen LogP contribution in [0.25, 0.3) is 11.0 Å². The Labute approximate surface area is 103 Å². The van der Waals surface area contributed by atoms with Crippen LogP contribution in [0.3, 0.4) is 0 Å². The van der Waals surface area contributed by atoms with Crippen LogP contribution in [0.4, 0.5) is 5.69 Å². The standard InChI is InChI=1S/C10H14N3O4P/c11-8-2-1-3-9-10(8)12-6-13(9)4-5-17-7-18(14,15)16/h1-3,6H,4-5,7,11H2,(H2,14,15,16). The SMILES string of the molecule is Nc1cccc2c1ncn2CCOCP(=O)(O)O. The van der Waals surface area contributed by atoms with Crippen LogP contribution in [0.2, 0.25) is 0 Å². The lowest BCUT2D eigenvalue weighted by Crippen LogP contribution is -2.06. The van der Waals surface area contributed by atoms with Crippen molar-refractivity contribution in [2.75, 3.05) is 18.7 Å². The van der Waals surface area contributed by atoms with Gasteiger partial charge in [0.2, 0.25) is 0 Å². The Morgan fingerprint density at radius 2 is 2.22 bits per heavy atom. The highest BCUT2D eigenvalue weighted by atomic mass is 31.2. The van der Waals surface area contributed by atoms with E-state index in [9.17, 15) is 4.57 Å². The zero-order chi connectivity index (χ0) is 13.2. The second-order valence-electron chi connectivity index (χ2n) is 3.85. The maximum absolute atomic E-state index is 10.6. The zero-order valence-corrected chi connectivity index (χ0v) is 10.5. The second-order valence-corrected chi connectivity index (χ2v) is 5.44. The van der Waals surface area contributed by atoms with Gasteiger partial charge in [-0.1, -0.05) is 6.07 Å². The summed E-state index contributed by atoms with van der Waals surface area (Å²) >= 11 is 0. The molecule has 8 heteroatoms. The van der Waals surface area contributed by atoms with E-state index in [-0.39, 0.29) is 6.61 Å². The molecule has 0 amide bonds. The van der Waals surface area contributed by atoms with Gasteiger partial charge in [0.15, 0.2) is 0 Å². The largest absolute Gasteiger partial charge is 0.397 e. The molecule has 0 saturated heterocycles. The highest BCUT2D eigenvalue weighted by molar-refractivity contribution is 7.51. The summed E-state index contributed by atoms with van der Waals surface area (Å²) in [5.74, 6) is 0. The Bertz CT molecular complexity index is 592. The van der Waals surface area contributed by atoms with Crippen molar-refractivity contribution in [3.8, 4) is 0 Å². The fraction of sp³-hybridized carbons (Fsp3) is 0.300. The van der Waals surface area contributed by atoms with Gasteiger partial charge in [-0.15, -0.1) is 0 Å². The van der Waals surface area contributed by atoms with Gasteiger partial charge in [0.1, 0.15) is 11.9 Å². The number of anilines is 1. The number of hydrogen-bond acceptors (Lipinski definition) is 4. The van der Waals surface area contributed by atoms with Crippen molar-refractivity contribution in [3.05, 3.63) is 24.5 Å². The third kappa shape index (κ3) is 3.08. The predicted molar refractivity (Wildman–Crippen MR) is 67.0 cm³/mol. The van der Waals surface area contributed by atoms with Crippen LogP contribution >= 0.6 is 7.60 Å². The maximum Gasteiger partial charge on any atom is 0.350 e. The summed E-state index contributed by atoms with van der Waals surface area (Å²) in [5.41, 5.74) is 7.96. The molecule has 18 heavy (non-hydrogen) atoms. The molecule has 1 aromatic carbocycles. The molecular weight excluding hydrogens is 257 g/mol. The van der Waals surface area contributed by atoms with E-state index in [0.717, 1.165) is 5.52 Å². The number of rotatable bonds is 5. The maximum atomic E-state index is 10.6. The minimum Gasteiger partial charge on any atom is -0.397 e. The Kier molecular flexibility index (Phi) is 3.68. The molecule has 0 unspecified atom stereocenters. The second kappa shape index (κ2) is 5.07. The van der Waals surface area contributed by atoms with Crippen LogP contribution in [-0.2, 0) is 15.8 Å². The summed E-state index contributed by atoms with van der Waals surface area (Å²) in [5, 5.41) is 0. The Morgan fingerprint density at radius 3 is 2.94 bits per heavy atom. The predicted octanol–water partition coefficient (Wildman–Crippen LogP) is 0.770. The van der Waals surface area contributed by atoms with Crippen LogP contribution in [0, 0.1) is 0 Å². The van der Waals surface area contributed by atoms with Crippen LogP contribution in [0.5, 0.6) is 0 Å². The molecule has 0 atom stereocenters. The van der Waals surface area contributed by atoms with Gasteiger partial charge in [-0.05, 0) is 12.1 Å². The molecule has 1 heterocycles. The molecule has 0 radical (unpaired) electrons. The van der Waals surface area contributed by atoms with Crippen LogP contribution in [0.1, 0.15) is 0 Å². The van der Waals surface area contributed by atoms with E-state index in [0.29, 0.717) is 17.7 Å². The Balaban J connectivity index is 2.00. The van der Waals surface area contributed by atoms with Gasteiger partial charge in [-0.25, -0.2) is 4.98 Å². The van der Waals surface area contributed by atoms with Crippen molar-refractivity contribution < 1.29 is 19.1 Å². The fourth-order valence-electron chi connectivity index (χ4n) is 1.64. The van der Waals surface area contributed by atoms with Crippen molar-refractivity contribution >= 4 is 24.3 Å². The molecule has 0 spiro atoms. The van der Waals surface area contributed by atoms with E-state index >= 15 is 0 Å². The number of nitrogens with two attached hydrogens (primary N) is 1. The number of fused-ring (bicyclic) bond motifs is 1. The van der Waals surface area contributed by atoms with E-state index in [4.69, 9.17) is 20.3 Å². The Morgan fingerprint density at radius 1 is 1.44 bits per heavy atom. The summed E-state index contributed by atoms with van der Waals surface area (Å²) in [6, 6.07) is 5.47.